The minimum Gasteiger partial charge on any atom is -0.374 e. The second-order valence-electron chi connectivity index (χ2n) is 9.92. The Morgan fingerprint density at radius 3 is 2.40 bits per heavy atom. The zero-order valence-corrected chi connectivity index (χ0v) is 18.2. The molecule has 0 radical (unpaired) electrons. The number of nitrogens with zero attached hydrogens (tertiary/aromatic N) is 1. The molecule has 1 heterocycles. The zero-order chi connectivity index (χ0) is 18.2. The van der Waals surface area contributed by atoms with E-state index in [0.29, 0.717) is 11.0 Å². The lowest BCUT2D eigenvalue weighted by Gasteiger charge is -2.38. The van der Waals surface area contributed by atoms with Crippen molar-refractivity contribution in [3.63, 3.8) is 0 Å². The molecule has 1 aliphatic carbocycles. The second kappa shape index (κ2) is 6.94. The Morgan fingerprint density at radius 1 is 1.08 bits per heavy atom. The van der Waals surface area contributed by atoms with Gasteiger partial charge >= 0.3 is 0 Å². The number of aromatic nitrogens is 1. The monoisotopic (exact) mass is 355 g/mol. The molecule has 1 aromatic carbocycles. The lowest BCUT2D eigenvalue weighted by Crippen LogP contribution is -2.44. The van der Waals surface area contributed by atoms with Crippen LogP contribution in [0.5, 0.6) is 0 Å². The summed E-state index contributed by atoms with van der Waals surface area (Å²) in [4.78, 5) is 0. The van der Waals surface area contributed by atoms with Gasteiger partial charge in [-0.2, -0.15) is 0 Å². The molecule has 0 N–H and O–H groups in total. The Morgan fingerprint density at radius 2 is 1.76 bits per heavy atom. The van der Waals surface area contributed by atoms with E-state index in [2.05, 4.69) is 75.5 Å². The maximum Gasteiger partial charge on any atom is 0.161 e. The van der Waals surface area contributed by atoms with Crippen molar-refractivity contribution in [2.45, 2.75) is 90.3 Å². The van der Waals surface area contributed by atoms with Gasteiger partial charge < -0.3 is 4.23 Å². The molecule has 0 amide bonds. The van der Waals surface area contributed by atoms with Gasteiger partial charge in [-0.05, 0) is 47.2 Å². The fourth-order valence-corrected chi connectivity index (χ4v) is 6.49. The molecule has 1 aliphatic rings. The Kier molecular flexibility index (Phi) is 5.21. The maximum atomic E-state index is 2.64. The standard InChI is InChI=1S/C23H37NSi/c1-18(17-19-11-8-7-9-12-19)20-13-10-14-22-21(20)15-16-24(22)25(5,6)23(2,3)4/h10,13-16,18-19H,7-9,11-12,17H2,1-6H3/t18-/m0/s1. The molecule has 1 atom stereocenters. The molecule has 0 spiro atoms. The van der Waals surface area contributed by atoms with Crippen molar-refractivity contribution in [2.75, 3.05) is 0 Å². The van der Waals surface area contributed by atoms with E-state index in [1.165, 1.54) is 49.4 Å². The van der Waals surface area contributed by atoms with Gasteiger partial charge in [0.25, 0.3) is 0 Å². The normalized spacial score (nSPS) is 18.6. The summed E-state index contributed by atoms with van der Waals surface area (Å²) in [5, 5.41) is 1.85. The minimum atomic E-state index is -1.58. The van der Waals surface area contributed by atoms with E-state index in [9.17, 15) is 0 Å². The molecule has 1 saturated carbocycles. The predicted molar refractivity (Wildman–Crippen MR) is 114 cm³/mol. The first-order valence-electron chi connectivity index (χ1n) is 10.3. The number of benzene rings is 1. The van der Waals surface area contributed by atoms with Crippen molar-refractivity contribution >= 4 is 19.1 Å². The van der Waals surface area contributed by atoms with Crippen LogP contribution in [-0.2, 0) is 0 Å². The summed E-state index contributed by atoms with van der Waals surface area (Å²) < 4.78 is 2.64. The number of rotatable bonds is 4. The van der Waals surface area contributed by atoms with Crippen LogP contribution in [-0.4, -0.2) is 12.5 Å². The van der Waals surface area contributed by atoms with Crippen LogP contribution in [0.4, 0.5) is 0 Å². The quantitative estimate of drug-likeness (QED) is 0.498. The smallest absolute Gasteiger partial charge is 0.161 e. The van der Waals surface area contributed by atoms with E-state index < -0.39 is 8.24 Å². The summed E-state index contributed by atoms with van der Waals surface area (Å²) in [6.45, 7) is 14.7. The van der Waals surface area contributed by atoms with Gasteiger partial charge in [-0.15, -0.1) is 0 Å². The summed E-state index contributed by atoms with van der Waals surface area (Å²) in [5.41, 5.74) is 3.03. The van der Waals surface area contributed by atoms with Crippen LogP contribution in [0.25, 0.3) is 10.9 Å². The highest BCUT2D eigenvalue weighted by atomic mass is 28.3. The van der Waals surface area contributed by atoms with Crippen LogP contribution in [0.2, 0.25) is 18.1 Å². The molecule has 0 aliphatic heterocycles. The highest BCUT2D eigenvalue weighted by Gasteiger charge is 2.38. The molecule has 0 bridgehead atoms. The SMILES string of the molecule is C[C@@H](CC1CCCCC1)c1cccc2c1ccn2[Si](C)(C)C(C)(C)C. The zero-order valence-electron chi connectivity index (χ0n) is 17.2. The molecular weight excluding hydrogens is 318 g/mol. The lowest BCUT2D eigenvalue weighted by molar-refractivity contribution is 0.323. The molecule has 2 heteroatoms. The molecule has 3 rings (SSSR count). The van der Waals surface area contributed by atoms with Gasteiger partial charge in [-0.1, -0.05) is 85.0 Å². The van der Waals surface area contributed by atoms with Crippen molar-refractivity contribution in [1.82, 2.24) is 4.23 Å². The minimum absolute atomic E-state index is 0.350. The van der Waals surface area contributed by atoms with E-state index >= 15 is 0 Å². The number of hydrogen-bond acceptors (Lipinski definition) is 0. The first-order valence-corrected chi connectivity index (χ1v) is 13.3. The van der Waals surface area contributed by atoms with Crippen LogP contribution >= 0.6 is 0 Å². The molecule has 1 aromatic heterocycles. The summed E-state index contributed by atoms with van der Waals surface area (Å²) >= 11 is 0. The average molecular weight is 356 g/mol. The molecule has 25 heavy (non-hydrogen) atoms. The van der Waals surface area contributed by atoms with Crippen molar-refractivity contribution in [2.24, 2.45) is 5.92 Å². The third-order valence-electron chi connectivity index (χ3n) is 7.15. The second-order valence-corrected chi connectivity index (χ2v) is 15.0. The third kappa shape index (κ3) is 3.60. The van der Waals surface area contributed by atoms with Gasteiger partial charge in [0.15, 0.2) is 8.24 Å². The van der Waals surface area contributed by atoms with Gasteiger partial charge in [0.05, 0.1) is 0 Å². The van der Waals surface area contributed by atoms with Crippen LogP contribution in [0.1, 0.15) is 77.7 Å². The fourth-order valence-electron chi connectivity index (χ4n) is 4.52. The average Bonchev–Trinajstić information content (AvgIpc) is 2.99. The Labute approximate surface area is 155 Å². The first-order chi connectivity index (χ1) is 11.7. The van der Waals surface area contributed by atoms with E-state index in [4.69, 9.17) is 0 Å². The topological polar surface area (TPSA) is 4.93 Å². The van der Waals surface area contributed by atoms with Crippen molar-refractivity contribution in [3.05, 3.63) is 36.0 Å². The molecule has 1 nitrogen and oxygen atoms in total. The largest absolute Gasteiger partial charge is 0.374 e. The van der Waals surface area contributed by atoms with Crippen LogP contribution in [0.15, 0.2) is 30.5 Å². The Hall–Kier alpha value is -1.02. The summed E-state index contributed by atoms with van der Waals surface area (Å²) in [5.74, 6) is 1.61. The van der Waals surface area contributed by atoms with Gasteiger partial charge in [-0.25, -0.2) is 0 Å². The number of fused-ring (bicyclic) bond motifs is 1. The van der Waals surface area contributed by atoms with Crippen molar-refractivity contribution in [3.8, 4) is 0 Å². The van der Waals surface area contributed by atoms with E-state index in [-0.39, 0.29) is 0 Å². The molecule has 138 valence electrons. The van der Waals surface area contributed by atoms with Crippen LogP contribution < -0.4 is 0 Å². The Bertz CT molecular complexity index is 713. The van der Waals surface area contributed by atoms with Gasteiger partial charge in [0.1, 0.15) is 0 Å². The van der Waals surface area contributed by atoms with Gasteiger partial charge in [0.2, 0.25) is 0 Å². The summed E-state index contributed by atoms with van der Waals surface area (Å²) in [6, 6.07) is 9.40. The lowest BCUT2D eigenvalue weighted by atomic mass is 9.81. The molecule has 0 unspecified atom stereocenters. The van der Waals surface area contributed by atoms with Crippen LogP contribution in [0.3, 0.4) is 0 Å². The summed E-state index contributed by atoms with van der Waals surface area (Å²) in [7, 11) is -1.58. The van der Waals surface area contributed by atoms with Crippen molar-refractivity contribution in [1.29, 1.82) is 0 Å². The van der Waals surface area contributed by atoms with E-state index in [1.54, 1.807) is 5.56 Å². The predicted octanol–water partition coefficient (Wildman–Crippen LogP) is 7.57. The Balaban J connectivity index is 1.93. The van der Waals surface area contributed by atoms with Gasteiger partial charge in [-0.3, -0.25) is 0 Å². The van der Waals surface area contributed by atoms with E-state index in [0.717, 1.165) is 5.92 Å². The molecular formula is C23H37NSi. The first kappa shape index (κ1) is 18.8. The highest BCUT2D eigenvalue weighted by molar-refractivity contribution is 6.79. The third-order valence-corrected chi connectivity index (χ3v) is 12.4. The fraction of sp³-hybridized carbons (Fsp3) is 0.652. The van der Waals surface area contributed by atoms with E-state index in [1.807, 2.05) is 0 Å². The highest BCUT2D eigenvalue weighted by Crippen LogP contribution is 2.41. The van der Waals surface area contributed by atoms with Crippen LogP contribution in [0, 0.1) is 5.92 Å². The van der Waals surface area contributed by atoms with Gasteiger partial charge in [0, 0.05) is 10.9 Å². The van der Waals surface area contributed by atoms with Crippen molar-refractivity contribution < 1.29 is 0 Å². The molecule has 0 saturated heterocycles. The summed E-state index contributed by atoms with van der Waals surface area (Å²) in [6.07, 6.45) is 11.0. The maximum absolute atomic E-state index is 2.64. The molecule has 1 fully saturated rings. The number of hydrogen-bond donors (Lipinski definition) is 0. The molecule has 2 aromatic rings.